The molecule has 0 atom stereocenters. The molecule has 0 aliphatic heterocycles. The standard InChI is InChI=1S/C22H22N2O3S2.C22H24N2OS2.CH3F.H2/c1-14-5-3-6-19-21(14)15(13-29-19)12-24-18-9-8-16(27-2)11-17(18)23-22(24)28-10-4-7-20(25)26;1-4-5-11-26-22-23-18-12-17(25-3)9-10-19(18)24(22)13-16-14-27-20-8-6-7-15(2)21(16)20;1-2;/h3,5-6,8-9,11,13H,4,7,10,12H2,1-2H3,(H,25,26);6-10,12,14H,4-5,11,13H2,1-3H3;1H3;1H/i;;;1+2. The number of thioether (sulfide) groups is 2. The van der Waals surface area contributed by atoms with Crippen molar-refractivity contribution in [3.05, 3.63) is 106 Å². The molecular weight excluding hydrogens is 808 g/mol. The third-order valence-electron chi connectivity index (χ3n) is 9.76. The first kappa shape index (κ1) is 43.0. The Morgan fingerprint density at radius 3 is 1.64 bits per heavy atom. The Bertz CT molecular complexity index is 2640. The van der Waals surface area contributed by atoms with Gasteiger partial charge >= 0.3 is 5.97 Å². The predicted octanol–water partition coefficient (Wildman–Crippen LogP) is 12.9. The van der Waals surface area contributed by atoms with Crippen LogP contribution >= 0.6 is 46.2 Å². The largest absolute Gasteiger partial charge is 0.497 e. The summed E-state index contributed by atoms with van der Waals surface area (Å²) in [6.07, 6.45) is 3.20. The number of carboxylic acid groups (broad SMARTS) is 1. The molecule has 306 valence electrons. The number of aromatic nitrogens is 4. The molecule has 0 unspecified atom stereocenters. The number of aliphatic carboxylic acids is 1. The molecule has 0 radical (unpaired) electrons. The van der Waals surface area contributed by atoms with Crippen molar-refractivity contribution in [3.63, 3.8) is 0 Å². The van der Waals surface area contributed by atoms with Gasteiger partial charge in [0.15, 0.2) is 10.3 Å². The van der Waals surface area contributed by atoms with Gasteiger partial charge in [0.1, 0.15) is 11.5 Å². The van der Waals surface area contributed by atoms with Crippen LogP contribution in [0.4, 0.5) is 4.39 Å². The van der Waals surface area contributed by atoms with Gasteiger partial charge in [0.05, 0.1) is 56.6 Å². The zero-order valence-corrected chi connectivity index (χ0v) is 37.0. The number of unbranched alkanes of at least 4 members (excludes halogenated alkanes) is 1. The summed E-state index contributed by atoms with van der Waals surface area (Å²) in [6, 6.07) is 25.1. The first-order chi connectivity index (χ1) is 28.3. The zero-order valence-electron chi connectivity index (χ0n) is 33.7. The lowest BCUT2D eigenvalue weighted by atomic mass is 10.1. The fraction of sp³-hybridized carbons (Fsp3) is 0.311. The summed E-state index contributed by atoms with van der Waals surface area (Å²) in [5.74, 6) is 2.69. The molecule has 8 rings (SSSR count). The molecule has 58 heavy (non-hydrogen) atoms. The molecule has 0 saturated heterocycles. The number of imidazole rings is 2. The Morgan fingerprint density at radius 2 is 1.21 bits per heavy atom. The first-order valence-corrected chi connectivity index (χ1v) is 22.9. The van der Waals surface area contributed by atoms with E-state index in [9.17, 15) is 9.18 Å². The van der Waals surface area contributed by atoms with Crippen LogP contribution in [0, 0.1) is 13.8 Å². The van der Waals surface area contributed by atoms with Crippen LogP contribution in [0.3, 0.4) is 0 Å². The number of aryl methyl sites for hydroxylation is 2. The highest BCUT2D eigenvalue weighted by Crippen LogP contribution is 2.35. The number of carboxylic acids is 1. The van der Waals surface area contributed by atoms with E-state index in [0.717, 1.165) is 63.0 Å². The van der Waals surface area contributed by atoms with Gasteiger partial charge in [0, 0.05) is 51.7 Å². The van der Waals surface area contributed by atoms with E-state index in [-0.39, 0.29) is 7.85 Å². The number of alkyl halides is 1. The summed E-state index contributed by atoms with van der Waals surface area (Å²) < 4.78 is 27.5. The maximum absolute atomic E-state index is 10.8. The monoisotopic (exact) mass is 860 g/mol. The molecule has 8 aromatic rings. The second-order valence-electron chi connectivity index (χ2n) is 13.6. The minimum absolute atomic E-state index is 0. The number of nitrogens with zero attached hydrogens (tertiary/aromatic N) is 4. The molecule has 8 nitrogen and oxygen atoms in total. The lowest BCUT2D eigenvalue weighted by Crippen LogP contribution is -2.02. The molecule has 0 bridgehead atoms. The third-order valence-corrected chi connectivity index (χ3v) is 13.9. The molecule has 0 saturated carbocycles. The van der Waals surface area contributed by atoms with E-state index in [1.807, 2.05) is 53.4 Å². The molecule has 4 heterocycles. The fourth-order valence-corrected chi connectivity index (χ4v) is 11.0. The summed E-state index contributed by atoms with van der Waals surface area (Å²) in [6.45, 7) is 8.16. The molecule has 0 aliphatic rings. The van der Waals surface area contributed by atoms with Crippen molar-refractivity contribution in [1.82, 2.24) is 19.1 Å². The summed E-state index contributed by atoms with van der Waals surface area (Å²) in [7, 11) is 3.86. The number of hydrogen-bond acceptors (Lipinski definition) is 9. The quantitative estimate of drug-likeness (QED) is 0.0805. The predicted molar refractivity (Wildman–Crippen MR) is 246 cm³/mol. The van der Waals surface area contributed by atoms with Gasteiger partial charge in [-0.2, -0.15) is 0 Å². The van der Waals surface area contributed by atoms with Crippen LogP contribution in [-0.4, -0.2) is 63.1 Å². The lowest BCUT2D eigenvalue weighted by Gasteiger charge is -2.10. The number of benzene rings is 4. The van der Waals surface area contributed by atoms with E-state index in [1.165, 1.54) is 60.8 Å². The average molecular weight is 861 g/mol. The molecule has 0 aliphatic carbocycles. The van der Waals surface area contributed by atoms with Gasteiger partial charge in [-0.15, -0.1) is 22.7 Å². The van der Waals surface area contributed by atoms with Crippen molar-refractivity contribution in [2.75, 3.05) is 32.9 Å². The SMILES string of the molecule is CCCCSc1nc2cc(OC)ccc2n1Cc1csc2cccc(C)c12.CF.COc1ccc2c(c1)nc(SCCCC(=O)O)n2Cc1csc2cccc(C)c12.[3HH]. The normalized spacial score (nSPS) is 11.2. The third kappa shape index (κ3) is 9.82. The molecule has 4 aromatic carbocycles. The van der Waals surface area contributed by atoms with Crippen molar-refractivity contribution in [2.24, 2.45) is 0 Å². The van der Waals surface area contributed by atoms with E-state index >= 15 is 0 Å². The van der Waals surface area contributed by atoms with E-state index in [2.05, 4.69) is 83.1 Å². The number of methoxy groups -OCH3 is 2. The number of halogens is 1. The maximum atomic E-state index is 10.8. The minimum Gasteiger partial charge on any atom is -0.497 e. The molecule has 0 spiro atoms. The van der Waals surface area contributed by atoms with Gasteiger partial charge in [0.2, 0.25) is 0 Å². The number of hydrogen-bond donors (Lipinski definition) is 1. The number of thiophene rings is 2. The fourth-order valence-electron chi connectivity index (χ4n) is 6.91. The number of fused-ring (bicyclic) bond motifs is 4. The molecule has 13 heteroatoms. The summed E-state index contributed by atoms with van der Waals surface area (Å²) >= 11 is 7.06. The Hall–Kier alpha value is -4.56. The van der Waals surface area contributed by atoms with E-state index in [4.69, 9.17) is 24.5 Å². The second-order valence-corrected chi connectivity index (χ2v) is 17.6. The Kier molecular flexibility index (Phi) is 15.1. The van der Waals surface area contributed by atoms with Gasteiger partial charge in [-0.1, -0.05) is 61.1 Å². The van der Waals surface area contributed by atoms with E-state index in [1.54, 1.807) is 37.3 Å². The van der Waals surface area contributed by atoms with Crippen LogP contribution in [0.25, 0.3) is 42.2 Å². The molecule has 0 fully saturated rings. The molecular formula is C45H51FN4O4S4. The Labute approximate surface area is 356 Å². The van der Waals surface area contributed by atoms with Crippen LogP contribution in [0.5, 0.6) is 11.5 Å². The molecule has 4 aromatic heterocycles. The highest BCUT2D eigenvalue weighted by atomic mass is 32.2. The van der Waals surface area contributed by atoms with Crippen molar-refractivity contribution >= 4 is 94.4 Å². The smallest absolute Gasteiger partial charge is 0.303 e. The number of carbonyl (C=O) groups is 1. The second kappa shape index (κ2) is 20.4. The Morgan fingerprint density at radius 1 is 0.741 bits per heavy atom. The average Bonchev–Trinajstić information content (AvgIpc) is 4.02. The van der Waals surface area contributed by atoms with Crippen LogP contribution in [0.2, 0.25) is 0 Å². The minimum atomic E-state index is -0.760. The first-order valence-electron chi connectivity index (χ1n) is 19.1. The van der Waals surface area contributed by atoms with Crippen molar-refractivity contribution in [1.29, 1.82) is 0 Å². The van der Waals surface area contributed by atoms with Crippen molar-refractivity contribution in [2.45, 2.75) is 69.9 Å². The van der Waals surface area contributed by atoms with Crippen LogP contribution in [0.15, 0.2) is 93.9 Å². The van der Waals surface area contributed by atoms with Crippen molar-refractivity contribution < 1.29 is 25.2 Å². The van der Waals surface area contributed by atoms with Crippen molar-refractivity contribution in [3.8, 4) is 11.5 Å². The van der Waals surface area contributed by atoms with Crippen LogP contribution in [0.1, 0.15) is 56.3 Å². The van der Waals surface area contributed by atoms with Gasteiger partial charge in [-0.05, 0) is 96.1 Å². The Balaban J connectivity index is 0.000000212. The van der Waals surface area contributed by atoms with Crippen LogP contribution in [-0.2, 0) is 17.9 Å². The summed E-state index contributed by atoms with van der Waals surface area (Å²) in [4.78, 5) is 20.6. The van der Waals surface area contributed by atoms with Gasteiger partial charge in [0.25, 0.3) is 0 Å². The topological polar surface area (TPSA) is 91.4 Å². The molecule has 0 amide bonds. The van der Waals surface area contributed by atoms with Gasteiger partial charge in [-0.3, -0.25) is 9.18 Å². The van der Waals surface area contributed by atoms with Gasteiger partial charge in [-0.25, -0.2) is 9.97 Å². The zero-order chi connectivity index (χ0) is 41.2. The summed E-state index contributed by atoms with van der Waals surface area (Å²) in [5, 5.41) is 18.1. The highest BCUT2D eigenvalue weighted by Gasteiger charge is 2.17. The highest BCUT2D eigenvalue weighted by molar-refractivity contribution is 7.99. The van der Waals surface area contributed by atoms with Crippen LogP contribution < -0.4 is 9.47 Å². The van der Waals surface area contributed by atoms with E-state index in [0.29, 0.717) is 13.6 Å². The molecule has 1 N–H and O–H groups in total. The number of ether oxygens (including phenoxy) is 2. The van der Waals surface area contributed by atoms with Gasteiger partial charge < -0.3 is 23.7 Å². The maximum Gasteiger partial charge on any atom is 0.303 e. The summed E-state index contributed by atoms with van der Waals surface area (Å²) in [5.41, 5.74) is 9.40. The number of rotatable bonds is 15. The lowest BCUT2D eigenvalue weighted by molar-refractivity contribution is -0.137. The van der Waals surface area contributed by atoms with E-state index < -0.39 is 5.97 Å².